The number of benzene rings is 1. The third-order valence-corrected chi connectivity index (χ3v) is 3.96. The van der Waals surface area contributed by atoms with Crippen LogP contribution in [0.15, 0.2) is 24.3 Å². The topological polar surface area (TPSA) is 43.1 Å². The summed E-state index contributed by atoms with van der Waals surface area (Å²) >= 11 is 0. The van der Waals surface area contributed by atoms with Crippen molar-refractivity contribution in [1.82, 2.24) is 0 Å². The fraction of sp³-hybridized carbons (Fsp3) is 0.533. The highest BCUT2D eigenvalue weighted by atomic mass is 19.4. The summed E-state index contributed by atoms with van der Waals surface area (Å²) in [6, 6.07) is 4.88. The molecule has 0 radical (unpaired) electrons. The van der Waals surface area contributed by atoms with Crippen molar-refractivity contribution in [3.63, 3.8) is 0 Å². The van der Waals surface area contributed by atoms with Gasteiger partial charge in [-0.1, -0.05) is 38.0 Å². The standard InChI is InChI=1S/C15H18F3NO/c1-10-5-4-8-14(19,9-10)13(20)11-6-2-3-7-12(11)15(16,17)18/h2-3,6-7,10H,4-5,8-9,19H2,1H3. The summed E-state index contributed by atoms with van der Waals surface area (Å²) in [7, 11) is 0. The van der Waals surface area contributed by atoms with E-state index >= 15 is 0 Å². The van der Waals surface area contributed by atoms with Gasteiger partial charge in [-0.3, -0.25) is 4.79 Å². The first-order valence-corrected chi connectivity index (χ1v) is 6.74. The second-order valence-corrected chi connectivity index (χ2v) is 5.73. The zero-order valence-electron chi connectivity index (χ0n) is 11.3. The number of hydrogen-bond donors (Lipinski definition) is 1. The van der Waals surface area contributed by atoms with Crippen LogP contribution in [0, 0.1) is 5.92 Å². The Morgan fingerprint density at radius 2 is 2.00 bits per heavy atom. The Balaban J connectivity index is 2.39. The van der Waals surface area contributed by atoms with Crippen molar-refractivity contribution in [2.75, 3.05) is 0 Å². The molecule has 1 aliphatic carbocycles. The van der Waals surface area contributed by atoms with Gasteiger partial charge in [-0.15, -0.1) is 0 Å². The fourth-order valence-electron chi connectivity index (χ4n) is 2.99. The Kier molecular flexibility index (Phi) is 3.91. The van der Waals surface area contributed by atoms with E-state index in [0.717, 1.165) is 18.9 Å². The summed E-state index contributed by atoms with van der Waals surface area (Å²) in [5.41, 5.74) is 3.75. The van der Waals surface area contributed by atoms with E-state index < -0.39 is 23.1 Å². The maximum Gasteiger partial charge on any atom is 0.417 e. The first kappa shape index (κ1) is 15.0. The third-order valence-electron chi connectivity index (χ3n) is 3.96. The molecule has 2 nitrogen and oxygen atoms in total. The molecule has 0 saturated heterocycles. The summed E-state index contributed by atoms with van der Waals surface area (Å²) in [6.45, 7) is 1.98. The minimum Gasteiger partial charge on any atom is -0.319 e. The van der Waals surface area contributed by atoms with Gasteiger partial charge in [0.15, 0.2) is 5.78 Å². The highest BCUT2D eigenvalue weighted by Gasteiger charge is 2.42. The van der Waals surface area contributed by atoms with E-state index in [2.05, 4.69) is 0 Å². The highest BCUT2D eigenvalue weighted by Crippen LogP contribution is 2.37. The van der Waals surface area contributed by atoms with Crippen LogP contribution in [0.3, 0.4) is 0 Å². The van der Waals surface area contributed by atoms with Gasteiger partial charge < -0.3 is 5.73 Å². The molecule has 1 aromatic rings. The number of rotatable bonds is 2. The Morgan fingerprint density at radius 1 is 1.35 bits per heavy atom. The van der Waals surface area contributed by atoms with Gasteiger partial charge in [-0.2, -0.15) is 13.2 Å². The first-order valence-electron chi connectivity index (χ1n) is 6.74. The van der Waals surface area contributed by atoms with E-state index in [-0.39, 0.29) is 11.5 Å². The van der Waals surface area contributed by atoms with Crippen LogP contribution >= 0.6 is 0 Å². The molecule has 5 heteroatoms. The average Bonchev–Trinajstić information content (AvgIpc) is 2.36. The Labute approximate surface area is 116 Å². The summed E-state index contributed by atoms with van der Waals surface area (Å²) in [5, 5.41) is 0. The molecule has 0 aromatic heterocycles. The molecule has 1 aliphatic rings. The molecule has 0 aliphatic heterocycles. The molecule has 20 heavy (non-hydrogen) atoms. The lowest BCUT2D eigenvalue weighted by molar-refractivity contribution is -0.138. The molecule has 0 spiro atoms. The molecule has 2 rings (SSSR count). The van der Waals surface area contributed by atoms with E-state index in [1.807, 2.05) is 6.92 Å². The van der Waals surface area contributed by atoms with E-state index in [1.54, 1.807) is 0 Å². The molecule has 2 unspecified atom stereocenters. The first-order chi connectivity index (χ1) is 9.24. The lowest BCUT2D eigenvalue weighted by Crippen LogP contribution is -2.51. The van der Waals surface area contributed by atoms with Crippen LogP contribution in [0.4, 0.5) is 13.2 Å². The zero-order chi connectivity index (χ0) is 15.0. The van der Waals surface area contributed by atoms with Crippen LogP contribution < -0.4 is 5.73 Å². The van der Waals surface area contributed by atoms with Crippen molar-refractivity contribution in [3.8, 4) is 0 Å². The van der Waals surface area contributed by atoms with Gasteiger partial charge in [0.2, 0.25) is 0 Å². The van der Waals surface area contributed by atoms with Gasteiger partial charge in [0.1, 0.15) is 0 Å². The van der Waals surface area contributed by atoms with Gasteiger partial charge in [-0.05, 0) is 24.8 Å². The van der Waals surface area contributed by atoms with Gasteiger partial charge in [0.25, 0.3) is 0 Å². The minimum absolute atomic E-state index is 0.260. The quantitative estimate of drug-likeness (QED) is 0.840. The van der Waals surface area contributed by atoms with Crippen molar-refractivity contribution in [3.05, 3.63) is 35.4 Å². The minimum atomic E-state index is -4.54. The molecule has 1 aromatic carbocycles. The SMILES string of the molecule is CC1CCCC(N)(C(=O)c2ccccc2C(F)(F)F)C1. The smallest absolute Gasteiger partial charge is 0.319 e. The summed E-state index contributed by atoms with van der Waals surface area (Å²) < 4.78 is 39.0. The maximum atomic E-state index is 13.0. The lowest BCUT2D eigenvalue weighted by Gasteiger charge is -2.35. The van der Waals surface area contributed by atoms with Gasteiger partial charge in [-0.25, -0.2) is 0 Å². The molecule has 0 heterocycles. The van der Waals surface area contributed by atoms with Crippen molar-refractivity contribution < 1.29 is 18.0 Å². The normalized spacial score (nSPS) is 27.4. The summed E-state index contributed by atoms with van der Waals surface area (Å²) in [6.07, 6.45) is -1.91. The number of Topliss-reactive ketones (excluding diaryl/α,β-unsaturated/α-hetero) is 1. The number of alkyl halides is 3. The lowest BCUT2D eigenvalue weighted by atomic mass is 9.72. The predicted octanol–water partition coefficient (Wildman–Crippen LogP) is 3.80. The molecule has 110 valence electrons. The largest absolute Gasteiger partial charge is 0.417 e. The molecule has 1 fully saturated rings. The van der Waals surface area contributed by atoms with Crippen molar-refractivity contribution >= 4 is 5.78 Å². The highest BCUT2D eigenvalue weighted by molar-refractivity contribution is 6.04. The number of ketones is 1. The van der Waals surface area contributed by atoms with E-state index in [4.69, 9.17) is 5.73 Å². The number of hydrogen-bond acceptors (Lipinski definition) is 2. The Morgan fingerprint density at radius 3 is 2.60 bits per heavy atom. The van der Waals surface area contributed by atoms with Crippen molar-refractivity contribution in [1.29, 1.82) is 0 Å². The fourth-order valence-corrected chi connectivity index (χ4v) is 2.99. The Bertz CT molecular complexity index is 512. The number of carbonyl (C=O) groups excluding carboxylic acids is 1. The number of nitrogens with two attached hydrogens (primary N) is 1. The second kappa shape index (κ2) is 5.20. The number of halogens is 3. The molecule has 2 atom stereocenters. The molecular formula is C15H18F3NO. The number of carbonyl (C=O) groups is 1. The van der Waals surface area contributed by atoms with Gasteiger partial charge in [0.05, 0.1) is 11.1 Å². The van der Waals surface area contributed by atoms with Gasteiger partial charge in [0, 0.05) is 5.56 Å². The van der Waals surface area contributed by atoms with Crippen molar-refractivity contribution in [2.24, 2.45) is 11.7 Å². The molecule has 0 amide bonds. The van der Waals surface area contributed by atoms with Crippen LogP contribution in [-0.2, 0) is 6.18 Å². The van der Waals surface area contributed by atoms with Gasteiger partial charge >= 0.3 is 6.18 Å². The monoisotopic (exact) mass is 285 g/mol. The summed E-state index contributed by atoms with van der Waals surface area (Å²) in [5.74, 6) is -0.326. The zero-order valence-corrected chi connectivity index (χ0v) is 11.3. The van der Waals surface area contributed by atoms with E-state index in [1.165, 1.54) is 18.2 Å². The van der Waals surface area contributed by atoms with Crippen LogP contribution in [-0.4, -0.2) is 11.3 Å². The maximum absolute atomic E-state index is 13.0. The second-order valence-electron chi connectivity index (χ2n) is 5.73. The molecule has 2 N–H and O–H groups in total. The van der Waals surface area contributed by atoms with Crippen LogP contribution in [0.2, 0.25) is 0 Å². The van der Waals surface area contributed by atoms with E-state index in [9.17, 15) is 18.0 Å². The average molecular weight is 285 g/mol. The molecule has 0 bridgehead atoms. The van der Waals surface area contributed by atoms with E-state index in [0.29, 0.717) is 12.8 Å². The summed E-state index contributed by atoms with van der Waals surface area (Å²) in [4.78, 5) is 12.5. The Hall–Kier alpha value is -1.36. The van der Waals surface area contributed by atoms with Crippen LogP contribution in [0.25, 0.3) is 0 Å². The molecular weight excluding hydrogens is 267 g/mol. The van der Waals surface area contributed by atoms with Crippen LogP contribution in [0.5, 0.6) is 0 Å². The van der Waals surface area contributed by atoms with Crippen molar-refractivity contribution in [2.45, 2.75) is 44.3 Å². The molecule has 1 saturated carbocycles. The predicted molar refractivity (Wildman–Crippen MR) is 70.3 cm³/mol. The third kappa shape index (κ3) is 2.87. The van der Waals surface area contributed by atoms with Crippen LogP contribution in [0.1, 0.15) is 48.5 Å².